The van der Waals surface area contributed by atoms with Crippen molar-refractivity contribution in [3.63, 3.8) is 0 Å². The highest BCUT2D eigenvalue weighted by Gasteiger charge is 2.19. The van der Waals surface area contributed by atoms with Crippen LogP contribution in [0.3, 0.4) is 0 Å². The lowest BCUT2D eigenvalue weighted by molar-refractivity contribution is -0.149. The molecule has 0 radical (unpaired) electrons. The third-order valence-electron chi connectivity index (χ3n) is 6.23. The molecule has 0 bridgehead atoms. The Morgan fingerprint density at radius 2 is 1.76 bits per heavy atom. The first-order valence-corrected chi connectivity index (χ1v) is 12.9. The Morgan fingerprint density at radius 3 is 2.38 bits per heavy atom. The van der Waals surface area contributed by atoms with Gasteiger partial charge in [-0.1, -0.05) is 57.1 Å². The minimum Gasteiger partial charge on any atom is -0.492 e. The van der Waals surface area contributed by atoms with Gasteiger partial charge in [-0.3, -0.25) is 0 Å². The van der Waals surface area contributed by atoms with Crippen LogP contribution in [0.15, 0.2) is 24.3 Å². The predicted octanol–water partition coefficient (Wildman–Crippen LogP) is 5.70. The molecule has 192 valence electrons. The number of unbranched alkanes of at least 4 members (excludes halogenated alkanes) is 1. The molecule has 1 atom stereocenters. The molecule has 1 amide bonds. The average molecular weight is 478 g/mol. The van der Waals surface area contributed by atoms with E-state index in [0.717, 1.165) is 24.3 Å². The maximum absolute atomic E-state index is 12.5. The Bertz CT molecular complexity index is 714. The molecule has 1 N–H and O–H groups in total. The highest BCUT2D eigenvalue weighted by atomic mass is 16.6. The van der Waals surface area contributed by atoms with E-state index in [-0.39, 0.29) is 12.2 Å². The number of amides is 1. The van der Waals surface area contributed by atoms with Gasteiger partial charge in [-0.25, -0.2) is 9.59 Å². The summed E-state index contributed by atoms with van der Waals surface area (Å²) in [7, 11) is 0. The van der Waals surface area contributed by atoms with Crippen LogP contribution in [-0.4, -0.2) is 60.6 Å². The number of carboxylic acid groups (broad SMARTS) is 1. The second kappa shape index (κ2) is 15.6. The van der Waals surface area contributed by atoms with Gasteiger partial charge in [-0.2, -0.15) is 0 Å². The van der Waals surface area contributed by atoms with Crippen LogP contribution in [0.1, 0.15) is 77.7 Å². The summed E-state index contributed by atoms with van der Waals surface area (Å²) in [6, 6.07) is 7.34. The maximum Gasteiger partial charge on any atom is 0.410 e. The summed E-state index contributed by atoms with van der Waals surface area (Å²) in [4.78, 5) is 25.6. The lowest BCUT2D eigenvalue weighted by atomic mass is 9.86. The molecular weight excluding hydrogens is 434 g/mol. The standard InChI is InChI=1S/C27H43NO6/c1-4-32-25(26(29)30)20-23-13-15-24(16-14-23)33-19-18-28(27(31)34-21(2)3)17-9-8-12-22-10-6-5-7-11-22/h13-16,21-22,25H,4-12,17-20H2,1-3H3,(H,29,30). The largest absolute Gasteiger partial charge is 0.492 e. The van der Waals surface area contributed by atoms with E-state index < -0.39 is 12.1 Å². The summed E-state index contributed by atoms with van der Waals surface area (Å²) in [5.74, 6) is 0.575. The average Bonchev–Trinajstić information content (AvgIpc) is 2.81. The topological polar surface area (TPSA) is 85.3 Å². The Hall–Kier alpha value is -2.28. The fourth-order valence-electron chi connectivity index (χ4n) is 4.41. The number of carbonyl (C=O) groups is 2. The van der Waals surface area contributed by atoms with E-state index >= 15 is 0 Å². The van der Waals surface area contributed by atoms with Crippen LogP contribution in [0.2, 0.25) is 0 Å². The Morgan fingerprint density at radius 1 is 1.06 bits per heavy atom. The number of carbonyl (C=O) groups excluding carboxylic acids is 1. The number of hydrogen-bond donors (Lipinski definition) is 1. The van der Waals surface area contributed by atoms with Crippen molar-refractivity contribution in [1.29, 1.82) is 0 Å². The van der Waals surface area contributed by atoms with Crippen LogP contribution < -0.4 is 4.74 Å². The zero-order valence-electron chi connectivity index (χ0n) is 21.2. The van der Waals surface area contributed by atoms with Crippen molar-refractivity contribution in [2.75, 3.05) is 26.3 Å². The van der Waals surface area contributed by atoms with Crippen molar-refractivity contribution < 1.29 is 28.9 Å². The number of rotatable bonds is 15. The summed E-state index contributed by atoms with van der Waals surface area (Å²) in [5.41, 5.74) is 0.869. The van der Waals surface area contributed by atoms with Crippen LogP contribution in [-0.2, 0) is 20.7 Å². The molecule has 1 saturated carbocycles. The van der Waals surface area contributed by atoms with Crippen LogP contribution in [0.25, 0.3) is 0 Å². The molecule has 1 unspecified atom stereocenters. The monoisotopic (exact) mass is 477 g/mol. The first-order valence-electron chi connectivity index (χ1n) is 12.9. The number of carboxylic acids is 1. The molecule has 0 aliphatic heterocycles. The normalized spacial score (nSPS) is 15.2. The molecule has 0 saturated heterocycles. The number of hydrogen-bond acceptors (Lipinski definition) is 5. The molecule has 2 rings (SSSR count). The van der Waals surface area contributed by atoms with Gasteiger partial charge in [0.2, 0.25) is 0 Å². The second-order valence-electron chi connectivity index (χ2n) is 9.40. The van der Waals surface area contributed by atoms with E-state index in [4.69, 9.17) is 14.2 Å². The number of nitrogens with zero attached hydrogens (tertiary/aromatic N) is 1. The van der Waals surface area contributed by atoms with E-state index in [0.29, 0.717) is 38.5 Å². The third kappa shape index (κ3) is 10.8. The molecule has 1 aromatic carbocycles. The molecule has 0 aromatic heterocycles. The Labute approximate surface area is 204 Å². The van der Waals surface area contributed by atoms with Crippen LogP contribution in [0.5, 0.6) is 5.75 Å². The van der Waals surface area contributed by atoms with Crippen molar-refractivity contribution >= 4 is 12.1 Å². The molecule has 7 heteroatoms. The summed E-state index contributed by atoms with van der Waals surface area (Å²) in [5, 5.41) is 9.24. The summed E-state index contributed by atoms with van der Waals surface area (Å²) in [6.45, 7) is 7.36. The van der Waals surface area contributed by atoms with E-state index in [9.17, 15) is 14.7 Å². The number of benzene rings is 1. The van der Waals surface area contributed by atoms with Crippen molar-refractivity contribution in [3.05, 3.63) is 29.8 Å². The zero-order valence-corrected chi connectivity index (χ0v) is 21.2. The van der Waals surface area contributed by atoms with E-state index in [2.05, 4.69) is 0 Å². The van der Waals surface area contributed by atoms with Crippen molar-refractivity contribution in [2.24, 2.45) is 5.92 Å². The quantitative estimate of drug-likeness (QED) is 0.326. The molecule has 0 heterocycles. The van der Waals surface area contributed by atoms with Crippen molar-refractivity contribution in [1.82, 2.24) is 4.90 Å². The lowest BCUT2D eigenvalue weighted by Crippen LogP contribution is -2.37. The smallest absolute Gasteiger partial charge is 0.410 e. The fourth-order valence-corrected chi connectivity index (χ4v) is 4.41. The molecule has 1 aliphatic carbocycles. The molecule has 1 fully saturated rings. The van der Waals surface area contributed by atoms with Gasteiger partial charge in [0.05, 0.1) is 12.6 Å². The van der Waals surface area contributed by atoms with Gasteiger partial charge in [0.25, 0.3) is 0 Å². The second-order valence-corrected chi connectivity index (χ2v) is 9.40. The molecule has 1 aromatic rings. The van der Waals surface area contributed by atoms with Gasteiger partial charge in [-0.05, 0) is 50.8 Å². The fraction of sp³-hybridized carbons (Fsp3) is 0.704. The van der Waals surface area contributed by atoms with Gasteiger partial charge < -0.3 is 24.2 Å². The molecule has 34 heavy (non-hydrogen) atoms. The summed E-state index contributed by atoms with van der Waals surface area (Å²) >= 11 is 0. The Kier molecular flexibility index (Phi) is 12.8. The maximum atomic E-state index is 12.5. The molecular formula is C27H43NO6. The van der Waals surface area contributed by atoms with Crippen molar-refractivity contribution in [3.8, 4) is 5.75 Å². The zero-order chi connectivity index (χ0) is 24.8. The van der Waals surface area contributed by atoms with Crippen LogP contribution in [0, 0.1) is 5.92 Å². The van der Waals surface area contributed by atoms with Gasteiger partial charge in [0.1, 0.15) is 12.4 Å². The van der Waals surface area contributed by atoms with Crippen LogP contribution >= 0.6 is 0 Å². The minimum atomic E-state index is -0.964. The SMILES string of the molecule is CCOC(Cc1ccc(OCCN(CCCCC2CCCCC2)C(=O)OC(C)C)cc1)C(=O)O. The minimum absolute atomic E-state index is 0.156. The van der Waals surface area contributed by atoms with Gasteiger partial charge in [0.15, 0.2) is 6.10 Å². The first-order chi connectivity index (χ1) is 16.4. The van der Waals surface area contributed by atoms with E-state index in [1.807, 2.05) is 38.1 Å². The van der Waals surface area contributed by atoms with E-state index in [1.54, 1.807) is 11.8 Å². The highest BCUT2D eigenvalue weighted by Crippen LogP contribution is 2.27. The van der Waals surface area contributed by atoms with Gasteiger partial charge in [0, 0.05) is 19.6 Å². The van der Waals surface area contributed by atoms with E-state index in [1.165, 1.54) is 38.5 Å². The third-order valence-corrected chi connectivity index (χ3v) is 6.23. The number of aliphatic carboxylic acids is 1. The lowest BCUT2D eigenvalue weighted by Gasteiger charge is -2.25. The summed E-state index contributed by atoms with van der Waals surface area (Å²) in [6.07, 6.45) is 9.19. The first kappa shape index (κ1) is 28.0. The highest BCUT2D eigenvalue weighted by molar-refractivity contribution is 5.72. The molecule has 7 nitrogen and oxygen atoms in total. The van der Waals surface area contributed by atoms with Gasteiger partial charge >= 0.3 is 12.1 Å². The molecule has 0 spiro atoms. The predicted molar refractivity (Wildman–Crippen MR) is 132 cm³/mol. The van der Waals surface area contributed by atoms with Gasteiger partial charge in [-0.15, -0.1) is 0 Å². The van der Waals surface area contributed by atoms with Crippen molar-refractivity contribution in [2.45, 2.75) is 90.8 Å². The summed E-state index contributed by atoms with van der Waals surface area (Å²) < 4.78 is 16.5. The van der Waals surface area contributed by atoms with Crippen LogP contribution in [0.4, 0.5) is 4.79 Å². The Balaban J connectivity index is 1.79. The molecule has 1 aliphatic rings. The number of ether oxygens (including phenoxy) is 3.